The summed E-state index contributed by atoms with van der Waals surface area (Å²) in [5, 5.41) is 15.6. The summed E-state index contributed by atoms with van der Waals surface area (Å²) in [5.74, 6) is 1.12. The van der Waals surface area contributed by atoms with Crippen LogP contribution in [0.2, 0.25) is 0 Å². The molecule has 1 aliphatic rings. The minimum absolute atomic E-state index is 0.0557. The Balaban J connectivity index is 1.34. The van der Waals surface area contributed by atoms with Gasteiger partial charge in [0.25, 0.3) is 5.69 Å². The van der Waals surface area contributed by atoms with Crippen molar-refractivity contribution in [2.75, 3.05) is 48.7 Å². The summed E-state index contributed by atoms with van der Waals surface area (Å²) < 4.78 is 0. The molecule has 9 nitrogen and oxygen atoms in total. The number of amides is 1. The monoisotopic (exact) mass is 452 g/mol. The number of nitro benzene ring substituents is 1. The van der Waals surface area contributed by atoms with E-state index in [9.17, 15) is 14.9 Å². The van der Waals surface area contributed by atoms with E-state index in [0.29, 0.717) is 31.3 Å². The SMILES string of the molecule is CCNc1nc(SCC(=O)N2CCN(c3ccc([N+](=O)[O-])cc3)CC2)nc2ccccc12. The topological polar surface area (TPSA) is 105 Å². The van der Waals surface area contributed by atoms with Gasteiger partial charge in [0.1, 0.15) is 5.82 Å². The molecule has 0 atom stereocenters. The van der Waals surface area contributed by atoms with E-state index in [0.717, 1.165) is 29.0 Å². The molecule has 2 heterocycles. The molecule has 0 radical (unpaired) electrons. The van der Waals surface area contributed by atoms with Crippen molar-refractivity contribution in [2.24, 2.45) is 0 Å². The molecule has 10 heteroatoms. The molecule has 2 aromatic carbocycles. The molecule has 1 aromatic heterocycles. The number of non-ortho nitro benzene ring substituents is 1. The maximum atomic E-state index is 12.7. The first kappa shape index (κ1) is 21.8. The molecule has 166 valence electrons. The van der Waals surface area contributed by atoms with Gasteiger partial charge in [0.2, 0.25) is 5.91 Å². The van der Waals surface area contributed by atoms with Crippen LogP contribution < -0.4 is 10.2 Å². The second-order valence-electron chi connectivity index (χ2n) is 7.33. The lowest BCUT2D eigenvalue weighted by molar-refractivity contribution is -0.384. The fourth-order valence-corrected chi connectivity index (χ4v) is 4.39. The van der Waals surface area contributed by atoms with Crippen LogP contribution in [0.1, 0.15) is 6.92 Å². The minimum Gasteiger partial charge on any atom is -0.370 e. The van der Waals surface area contributed by atoms with E-state index in [4.69, 9.17) is 0 Å². The average Bonchev–Trinajstić information content (AvgIpc) is 2.83. The maximum Gasteiger partial charge on any atom is 0.269 e. The Morgan fingerprint density at radius 3 is 2.50 bits per heavy atom. The molecule has 0 saturated carbocycles. The predicted molar refractivity (Wildman–Crippen MR) is 126 cm³/mol. The van der Waals surface area contributed by atoms with Crippen LogP contribution in [-0.4, -0.2) is 64.2 Å². The lowest BCUT2D eigenvalue weighted by Crippen LogP contribution is -2.49. The van der Waals surface area contributed by atoms with Gasteiger partial charge in [-0.05, 0) is 31.2 Å². The number of nitrogens with zero attached hydrogens (tertiary/aromatic N) is 5. The smallest absolute Gasteiger partial charge is 0.269 e. The Labute approximate surface area is 190 Å². The summed E-state index contributed by atoms with van der Waals surface area (Å²) in [6, 6.07) is 14.4. The highest BCUT2D eigenvalue weighted by Crippen LogP contribution is 2.25. The van der Waals surface area contributed by atoms with Gasteiger partial charge in [0, 0.05) is 55.9 Å². The number of fused-ring (bicyclic) bond motifs is 1. The highest BCUT2D eigenvalue weighted by atomic mass is 32.2. The first-order valence-corrected chi connectivity index (χ1v) is 11.4. The van der Waals surface area contributed by atoms with Gasteiger partial charge in [-0.1, -0.05) is 23.9 Å². The molecule has 1 amide bonds. The molecule has 32 heavy (non-hydrogen) atoms. The number of aromatic nitrogens is 2. The minimum atomic E-state index is -0.404. The third kappa shape index (κ3) is 4.91. The number of nitro groups is 1. The van der Waals surface area contributed by atoms with Crippen LogP contribution in [0.3, 0.4) is 0 Å². The highest BCUT2D eigenvalue weighted by molar-refractivity contribution is 7.99. The number of piperazine rings is 1. The first-order chi connectivity index (χ1) is 15.5. The van der Waals surface area contributed by atoms with Gasteiger partial charge >= 0.3 is 0 Å². The van der Waals surface area contributed by atoms with Crippen LogP contribution in [0.4, 0.5) is 17.2 Å². The molecule has 4 rings (SSSR count). The molecule has 1 N–H and O–H groups in total. The van der Waals surface area contributed by atoms with Crippen LogP contribution in [0, 0.1) is 10.1 Å². The third-order valence-electron chi connectivity index (χ3n) is 5.31. The summed E-state index contributed by atoms with van der Waals surface area (Å²) >= 11 is 1.35. The van der Waals surface area contributed by atoms with Crippen molar-refractivity contribution in [1.29, 1.82) is 0 Å². The Kier molecular flexibility index (Phi) is 6.69. The zero-order valence-corrected chi connectivity index (χ0v) is 18.5. The second-order valence-corrected chi connectivity index (χ2v) is 8.27. The number of carbonyl (C=O) groups is 1. The number of hydrogen-bond donors (Lipinski definition) is 1. The summed E-state index contributed by atoms with van der Waals surface area (Å²) in [6.07, 6.45) is 0. The standard InChI is InChI=1S/C22H24N6O3S/c1-2-23-21-18-5-3-4-6-19(18)24-22(25-21)32-15-20(29)27-13-11-26(12-14-27)16-7-9-17(10-8-16)28(30)31/h3-10H,2,11-15H2,1H3,(H,23,24,25). The predicted octanol–water partition coefficient (Wildman–Crippen LogP) is 3.41. The largest absolute Gasteiger partial charge is 0.370 e. The number of carbonyl (C=O) groups excluding carboxylic acids is 1. The normalized spacial score (nSPS) is 13.9. The first-order valence-electron chi connectivity index (χ1n) is 10.5. The highest BCUT2D eigenvalue weighted by Gasteiger charge is 2.22. The maximum absolute atomic E-state index is 12.7. The van der Waals surface area contributed by atoms with Crippen molar-refractivity contribution < 1.29 is 9.72 Å². The molecular weight excluding hydrogens is 428 g/mol. The van der Waals surface area contributed by atoms with E-state index in [1.165, 1.54) is 23.9 Å². The van der Waals surface area contributed by atoms with Gasteiger partial charge in [-0.3, -0.25) is 14.9 Å². The van der Waals surface area contributed by atoms with Gasteiger partial charge < -0.3 is 15.1 Å². The van der Waals surface area contributed by atoms with Crippen LogP contribution in [0.15, 0.2) is 53.7 Å². The molecule has 0 aliphatic carbocycles. The van der Waals surface area contributed by atoms with Gasteiger partial charge in [0.05, 0.1) is 16.2 Å². The van der Waals surface area contributed by atoms with E-state index in [2.05, 4.69) is 20.2 Å². The lowest BCUT2D eigenvalue weighted by atomic mass is 10.2. The zero-order chi connectivity index (χ0) is 22.5. The third-order valence-corrected chi connectivity index (χ3v) is 6.14. The van der Waals surface area contributed by atoms with E-state index in [-0.39, 0.29) is 17.3 Å². The summed E-state index contributed by atoms with van der Waals surface area (Å²) in [4.78, 5) is 36.3. The summed E-state index contributed by atoms with van der Waals surface area (Å²) in [5.41, 5.74) is 1.86. The van der Waals surface area contributed by atoms with Crippen molar-refractivity contribution in [3.63, 3.8) is 0 Å². The number of thioether (sulfide) groups is 1. The number of rotatable bonds is 7. The summed E-state index contributed by atoms with van der Waals surface area (Å²) in [6.45, 7) is 5.36. The molecular formula is C22H24N6O3S. The molecule has 3 aromatic rings. The number of hydrogen-bond acceptors (Lipinski definition) is 8. The number of anilines is 2. The van der Waals surface area contributed by atoms with Crippen molar-refractivity contribution in [3.8, 4) is 0 Å². The second kappa shape index (κ2) is 9.82. The van der Waals surface area contributed by atoms with Crippen LogP contribution in [0.25, 0.3) is 10.9 Å². The van der Waals surface area contributed by atoms with Gasteiger partial charge in [-0.25, -0.2) is 9.97 Å². The fraction of sp³-hybridized carbons (Fsp3) is 0.318. The molecule has 0 spiro atoms. The van der Waals surface area contributed by atoms with Crippen molar-refractivity contribution in [1.82, 2.24) is 14.9 Å². The van der Waals surface area contributed by atoms with Gasteiger partial charge in [-0.15, -0.1) is 0 Å². The van der Waals surface area contributed by atoms with E-state index < -0.39 is 4.92 Å². The number of nitrogens with one attached hydrogen (secondary N) is 1. The van der Waals surface area contributed by atoms with E-state index >= 15 is 0 Å². The molecule has 0 unspecified atom stereocenters. The number of benzene rings is 2. The van der Waals surface area contributed by atoms with E-state index in [1.807, 2.05) is 36.1 Å². The molecule has 1 saturated heterocycles. The van der Waals surface area contributed by atoms with Crippen LogP contribution >= 0.6 is 11.8 Å². The number of para-hydroxylation sites is 1. The Morgan fingerprint density at radius 2 is 1.81 bits per heavy atom. The van der Waals surface area contributed by atoms with Gasteiger partial charge in [-0.2, -0.15) is 0 Å². The molecule has 1 aliphatic heterocycles. The van der Waals surface area contributed by atoms with E-state index in [1.54, 1.807) is 12.1 Å². The lowest BCUT2D eigenvalue weighted by Gasteiger charge is -2.36. The summed E-state index contributed by atoms with van der Waals surface area (Å²) in [7, 11) is 0. The van der Waals surface area contributed by atoms with Crippen molar-refractivity contribution >= 4 is 45.8 Å². The fourth-order valence-electron chi connectivity index (χ4n) is 3.64. The van der Waals surface area contributed by atoms with Gasteiger partial charge in [0.15, 0.2) is 5.16 Å². The zero-order valence-electron chi connectivity index (χ0n) is 17.7. The molecule has 1 fully saturated rings. The quantitative estimate of drug-likeness (QED) is 0.252. The van der Waals surface area contributed by atoms with Crippen LogP contribution in [-0.2, 0) is 4.79 Å². The Morgan fingerprint density at radius 1 is 1.09 bits per heavy atom. The van der Waals surface area contributed by atoms with Crippen molar-refractivity contribution in [2.45, 2.75) is 12.1 Å². The Bertz CT molecular complexity index is 1120. The Hall–Kier alpha value is -3.40. The van der Waals surface area contributed by atoms with Crippen molar-refractivity contribution in [3.05, 3.63) is 58.6 Å². The average molecular weight is 453 g/mol. The molecule has 0 bridgehead atoms. The van der Waals surface area contributed by atoms with Crippen LogP contribution in [0.5, 0.6) is 0 Å².